The van der Waals surface area contributed by atoms with Crippen LogP contribution in [0, 0.1) is 5.92 Å². The van der Waals surface area contributed by atoms with Gasteiger partial charge in [-0.3, -0.25) is 11.3 Å². The van der Waals surface area contributed by atoms with Crippen LogP contribution in [0.25, 0.3) is 0 Å². The van der Waals surface area contributed by atoms with E-state index in [1.165, 1.54) is 25.7 Å². The first kappa shape index (κ1) is 16.2. The molecule has 2 aliphatic heterocycles. The number of hydrogen-bond donors (Lipinski definition) is 2. The number of hydrogen-bond acceptors (Lipinski definition) is 5. The normalized spacial score (nSPS) is 32.5. The van der Waals surface area contributed by atoms with Crippen LogP contribution in [0.4, 0.5) is 0 Å². The number of piperidine rings is 1. The van der Waals surface area contributed by atoms with Gasteiger partial charge < -0.3 is 4.90 Å². The average molecular weight is 303 g/mol. The highest BCUT2D eigenvalue weighted by Crippen LogP contribution is 2.39. The predicted octanol–water partition coefficient (Wildman–Crippen LogP) is 0.906. The molecule has 5 nitrogen and oxygen atoms in total. The Balaban J connectivity index is 1.83. The van der Waals surface area contributed by atoms with Crippen LogP contribution in [0.3, 0.4) is 0 Å². The summed E-state index contributed by atoms with van der Waals surface area (Å²) >= 11 is 0. The van der Waals surface area contributed by atoms with Gasteiger partial charge in [0.1, 0.15) is 9.84 Å². The largest absolute Gasteiger partial charge is 0.300 e. The molecular formula is C14H29N3O2S. The Labute approximate surface area is 123 Å². The van der Waals surface area contributed by atoms with Crippen LogP contribution in [0.5, 0.6) is 0 Å². The van der Waals surface area contributed by atoms with Crippen LogP contribution < -0.4 is 11.3 Å². The lowest BCUT2D eigenvalue weighted by molar-refractivity contribution is 0.110. The molecular weight excluding hydrogens is 274 g/mol. The van der Waals surface area contributed by atoms with Gasteiger partial charge in [0.2, 0.25) is 0 Å². The minimum absolute atomic E-state index is 0.242. The molecule has 2 heterocycles. The van der Waals surface area contributed by atoms with Gasteiger partial charge in [-0.15, -0.1) is 0 Å². The molecule has 6 heteroatoms. The second-order valence-electron chi connectivity index (χ2n) is 6.43. The van der Waals surface area contributed by atoms with Crippen molar-refractivity contribution in [1.29, 1.82) is 0 Å². The first-order valence-corrected chi connectivity index (χ1v) is 9.67. The summed E-state index contributed by atoms with van der Waals surface area (Å²) in [5, 5.41) is 0. The van der Waals surface area contributed by atoms with Crippen LogP contribution in [-0.4, -0.2) is 50.0 Å². The van der Waals surface area contributed by atoms with E-state index in [9.17, 15) is 8.42 Å². The lowest BCUT2D eigenvalue weighted by atomic mass is 9.83. The van der Waals surface area contributed by atoms with Crippen molar-refractivity contribution in [3.05, 3.63) is 0 Å². The SMILES string of the molecule is CCS(=O)(=O)CCCC(NN)C1CC2CCC(C1)N2C. The van der Waals surface area contributed by atoms with Gasteiger partial charge in [0.15, 0.2) is 0 Å². The molecule has 118 valence electrons. The highest BCUT2D eigenvalue weighted by Gasteiger charge is 2.40. The molecule has 0 saturated carbocycles. The van der Waals surface area contributed by atoms with Gasteiger partial charge in [-0.2, -0.15) is 0 Å². The fourth-order valence-electron chi connectivity index (χ4n) is 3.90. The van der Waals surface area contributed by atoms with E-state index in [0.717, 1.165) is 6.42 Å². The zero-order valence-electron chi connectivity index (χ0n) is 12.7. The van der Waals surface area contributed by atoms with Crippen molar-refractivity contribution in [1.82, 2.24) is 10.3 Å². The molecule has 0 spiro atoms. The summed E-state index contributed by atoms with van der Waals surface area (Å²) in [5.41, 5.74) is 2.95. The second kappa shape index (κ2) is 6.73. The molecule has 0 amide bonds. The van der Waals surface area contributed by atoms with Crippen LogP contribution in [0.2, 0.25) is 0 Å². The monoisotopic (exact) mass is 303 g/mol. The summed E-state index contributed by atoms with van der Waals surface area (Å²) < 4.78 is 23.1. The number of nitrogens with two attached hydrogens (primary N) is 1. The quantitative estimate of drug-likeness (QED) is 0.540. The van der Waals surface area contributed by atoms with Crippen molar-refractivity contribution in [2.75, 3.05) is 18.6 Å². The lowest BCUT2D eigenvalue weighted by Crippen LogP contribution is -2.49. The van der Waals surface area contributed by atoms with Crippen molar-refractivity contribution in [2.24, 2.45) is 11.8 Å². The van der Waals surface area contributed by atoms with E-state index >= 15 is 0 Å². The van der Waals surface area contributed by atoms with Gasteiger partial charge in [-0.05, 0) is 51.5 Å². The predicted molar refractivity (Wildman–Crippen MR) is 82.0 cm³/mol. The molecule has 0 aliphatic carbocycles. The zero-order valence-corrected chi connectivity index (χ0v) is 13.5. The molecule has 2 aliphatic rings. The Morgan fingerprint density at radius 2 is 1.90 bits per heavy atom. The smallest absolute Gasteiger partial charge is 0.150 e. The van der Waals surface area contributed by atoms with Crippen molar-refractivity contribution < 1.29 is 8.42 Å². The molecule has 2 saturated heterocycles. The summed E-state index contributed by atoms with van der Waals surface area (Å²) in [6.45, 7) is 1.71. The molecule has 2 bridgehead atoms. The number of rotatable bonds is 7. The zero-order chi connectivity index (χ0) is 14.8. The van der Waals surface area contributed by atoms with Crippen LogP contribution in [0.15, 0.2) is 0 Å². The van der Waals surface area contributed by atoms with Gasteiger partial charge in [0, 0.05) is 23.9 Å². The van der Waals surface area contributed by atoms with E-state index in [4.69, 9.17) is 5.84 Å². The number of hydrazine groups is 1. The van der Waals surface area contributed by atoms with Crippen molar-refractivity contribution >= 4 is 9.84 Å². The lowest BCUT2D eigenvalue weighted by Gasteiger charge is -2.39. The van der Waals surface area contributed by atoms with Crippen LogP contribution in [-0.2, 0) is 9.84 Å². The summed E-state index contributed by atoms with van der Waals surface area (Å²) in [4.78, 5) is 2.52. The molecule has 0 aromatic heterocycles. The molecule has 0 radical (unpaired) electrons. The summed E-state index contributed by atoms with van der Waals surface area (Å²) in [6.07, 6.45) is 6.58. The average Bonchev–Trinajstić information content (AvgIpc) is 2.66. The van der Waals surface area contributed by atoms with E-state index in [-0.39, 0.29) is 11.8 Å². The highest BCUT2D eigenvalue weighted by atomic mass is 32.2. The standard InChI is InChI=1S/C14H29N3O2S/c1-3-20(18,19)8-4-5-14(16-15)11-9-12-6-7-13(10-11)17(12)2/h11-14,16H,3-10,15H2,1-2H3. The Hall–Kier alpha value is -0.170. The minimum atomic E-state index is -2.85. The Morgan fingerprint density at radius 3 is 2.40 bits per heavy atom. The van der Waals surface area contributed by atoms with Crippen LogP contribution in [0.1, 0.15) is 45.4 Å². The van der Waals surface area contributed by atoms with E-state index in [0.29, 0.717) is 30.2 Å². The molecule has 2 rings (SSSR count). The molecule has 3 atom stereocenters. The first-order chi connectivity index (χ1) is 9.46. The molecule has 3 N–H and O–H groups in total. The maximum atomic E-state index is 11.5. The number of fused-ring (bicyclic) bond motifs is 2. The Kier molecular flexibility index (Phi) is 5.45. The van der Waals surface area contributed by atoms with Gasteiger partial charge in [-0.25, -0.2) is 8.42 Å². The van der Waals surface area contributed by atoms with Gasteiger partial charge in [0.05, 0.1) is 5.75 Å². The fraction of sp³-hybridized carbons (Fsp3) is 1.00. The summed E-state index contributed by atoms with van der Waals surface area (Å²) in [5.74, 6) is 6.85. The van der Waals surface area contributed by atoms with Gasteiger partial charge >= 0.3 is 0 Å². The van der Waals surface area contributed by atoms with E-state index < -0.39 is 9.84 Å². The molecule has 3 unspecified atom stereocenters. The third-order valence-electron chi connectivity index (χ3n) is 5.33. The van der Waals surface area contributed by atoms with Gasteiger partial charge in [0.25, 0.3) is 0 Å². The summed E-state index contributed by atoms with van der Waals surface area (Å²) in [7, 11) is -0.616. The van der Waals surface area contributed by atoms with Crippen LogP contribution >= 0.6 is 0 Å². The maximum Gasteiger partial charge on any atom is 0.150 e. The second-order valence-corrected chi connectivity index (χ2v) is 8.91. The number of nitrogens with one attached hydrogen (secondary N) is 1. The first-order valence-electron chi connectivity index (χ1n) is 7.85. The Morgan fingerprint density at radius 1 is 1.30 bits per heavy atom. The topological polar surface area (TPSA) is 75.4 Å². The van der Waals surface area contributed by atoms with E-state index in [1.54, 1.807) is 6.92 Å². The van der Waals surface area contributed by atoms with E-state index in [1.807, 2.05) is 0 Å². The van der Waals surface area contributed by atoms with Gasteiger partial charge in [-0.1, -0.05) is 6.92 Å². The van der Waals surface area contributed by atoms with Crippen molar-refractivity contribution in [2.45, 2.75) is 63.6 Å². The number of sulfone groups is 1. The molecule has 20 heavy (non-hydrogen) atoms. The molecule has 0 aromatic carbocycles. The number of nitrogens with zero attached hydrogens (tertiary/aromatic N) is 1. The fourth-order valence-corrected chi connectivity index (χ4v) is 4.80. The van der Waals surface area contributed by atoms with Crippen molar-refractivity contribution in [3.8, 4) is 0 Å². The summed E-state index contributed by atoms with van der Waals surface area (Å²) in [6, 6.07) is 1.67. The minimum Gasteiger partial charge on any atom is -0.300 e. The molecule has 2 fully saturated rings. The maximum absolute atomic E-state index is 11.5. The molecule has 0 aromatic rings. The highest BCUT2D eigenvalue weighted by molar-refractivity contribution is 7.91. The van der Waals surface area contributed by atoms with Crippen molar-refractivity contribution in [3.63, 3.8) is 0 Å². The van der Waals surface area contributed by atoms with E-state index in [2.05, 4.69) is 17.4 Å². The Bertz CT molecular complexity index is 399. The third kappa shape index (κ3) is 3.72. The third-order valence-corrected chi connectivity index (χ3v) is 7.12.